The second kappa shape index (κ2) is 11.3. The molecule has 0 saturated carbocycles. The van der Waals surface area contributed by atoms with E-state index in [2.05, 4.69) is 20.6 Å². The molecule has 1 saturated heterocycles. The summed E-state index contributed by atoms with van der Waals surface area (Å²) in [5, 5.41) is 6.90. The third-order valence-corrected chi connectivity index (χ3v) is 6.88. The smallest absolute Gasteiger partial charge is 0.408 e. The highest BCUT2D eigenvalue weighted by molar-refractivity contribution is 7.15. The first-order valence-corrected chi connectivity index (χ1v) is 13.1. The summed E-state index contributed by atoms with van der Waals surface area (Å²) in [5.41, 5.74) is 0.272. The van der Waals surface area contributed by atoms with Crippen LogP contribution in [0.25, 0.3) is 0 Å². The number of carbonyl (C=O) groups excluding carboxylic acids is 2. The van der Waals surface area contributed by atoms with E-state index in [4.69, 9.17) is 9.72 Å². The first kappa shape index (κ1) is 26.8. The number of alkyl carbamates (subject to hydrolysis) is 1. The molecule has 0 bridgehead atoms. The molecule has 0 aliphatic carbocycles. The summed E-state index contributed by atoms with van der Waals surface area (Å²) in [5.74, 6) is 1.63. The number of hydrogen-bond donors (Lipinski definition) is 2. The van der Waals surface area contributed by atoms with E-state index in [-0.39, 0.29) is 17.7 Å². The average molecular weight is 503 g/mol. The number of anilines is 2. The molecule has 2 amide bonds. The van der Waals surface area contributed by atoms with Gasteiger partial charge in [0, 0.05) is 41.8 Å². The van der Waals surface area contributed by atoms with E-state index < -0.39 is 17.7 Å². The third-order valence-electron chi connectivity index (χ3n) is 6.05. The fourth-order valence-electron chi connectivity index (χ4n) is 4.03. The summed E-state index contributed by atoms with van der Waals surface area (Å²) in [4.78, 5) is 42.5. The van der Waals surface area contributed by atoms with Crippen LogP contribution in [0.5, 0.6) is 0 Å². The SMILES string of the molecule is CCC(C)C(NC(=O)OC(C)(C)C)C(=O)N1CCC(c2nc(C)cc(Nc3ncc(C)s3)n2)CC1. The van der Waals surface area contributed by atoms with Crippen LogP contribution in [0, 0.1) is 19.8 Å². The van der Waals surface area contributed by atoms with Crippen LogP contribution in [0.3, 0.4) is 0 Å². The van der Waals surface area contributed by atoms with Gasteiger partial charge < -0.3 is 20.3 Å². The molecule has 2 aromatic rings. The minimum atomic E-state index is -0.620. The van der Waals surface area contributed by atoms with Crippen molar-refractivity contribution in [1.82, 2.24) is 25.2 Å². The van der Waals surface area contributed by atoms with Gasteiger partial charge in [-0.3, -0.25) is 4.79 Å². The number of rotatable bonds is 7. The van der Waals surface area contributed by atoms with Crippen LogP contribution in [-0.2, 0) is 9.53 Å². The predicted octanol–water partition coefficient (Wildman–Crippen LogP) is 4.94. The quantitative estimate of drug-likeness (QED) is 0.552. The van der Waals surface area contributed by atoms with Crippen LogP contribution >= 0.6 is 11.3 Å². The van der Waals surface area contributed by atoms with Gasteiger partial charge in [0.2, 0.25) is 5.91 Å². The standard InChI is InChI=1S/C25H38N6O3S/c1-8-15(2)20(30-24(33)34-25(5,6)7)22(32)31-11-9-18(10-12-31)21-27-16(3)13-19(28-21)29-23-26-14-17(4)35-23/h13-15,18,20H,8-12H2,1-7H3,(H,30,33)(H,26,27,28,29). The topological polar surface area (TPSA) is 109 Å². The Kier molecular flexibility index (Phi) is 8.69. The highest BCUT2D eigenvalue weighted by Gasteiger charge is 2.34. The van der Waals surface area contributed by atoms with Crippen molar-refractivity contribution in [3.63, 3.8) is 0 Å². The molecule has 2 atom stereocenters. The van der Waals surface area contributed by atoms with Gasteiger partial charge in [0.05, 0.1) is 0 Å². The lowest BCUT2D eigenvalue weighted by Crippen LogP contribution is -2.54. The molecular formula is C25H38N6O3S. The number of hydrogen-bond acceptors (Lipinski definition) is 8. The first-order valence-electron chi connectivity index (χ1n) is 12.3. The number of amides is 2. The lowest BCUT2D eigenvalue weighted by Gasteiger charge is -2.35. The number of ether oxygens (including phenoxy) is 1. The van der Waals surface area contributed by atoms with Crippen LogP contribution in [0.15, 0.2) is 12.3 Å². The van der Waals surface area contributed by atoms with Gasteiger partial charge in [-0.2, -0.15) is 0 Å². The maximum Gasteiger partial charge on any atom is 0.408 e. The Morgan fingerprint density at radius 2 is 1.91 bits per heavy atom. The maximum absolute atomic E-state index is 13.4. The largest absolute Gasteiger partial charge is 0.444 e. The second-order valence-corrected chi connectivity index (χ2v) is 11.5. The van der Waals surface area contributed by atoms with E-state index in [0.717, 1.165) is 46.6 Å². The molecule has 0 spiro atoms. The molecule has 0 radical (unpaired) electrons. The molecule has 10 heteroatoms. The van der Waals surface area contributed by atoms with E-state index in [1.165, 1.54) is 0 Å². The number of thiazole rings is 1. The summed E-state index contributed by atoms with van der Waals surface area (Å²) >= 11 is 1.58. The molecule has 1 aliphatic heterocycles. The fraction of sp³-hybridized carbons (Fsp3) is 0.640. The van der Waals surface area contributed by atoms with Crippen molar-refractivity contribution >= 4 is 34.3 Å². The van der Waals surface area contributed by atoms with Crippen LogP contribution < -0.4 is 10.6 Å². The third kappa shape index (κ3) is 7.62. The van der Waals surface area contributed by atoms with E-state index in [1.54, 1.807) is 11.3 Å². The molecule has 0 aromatic carbocycles. The van der Waals surface area contributed by atoms with Crippen LogP contribution in [0.1, 0.15) is 76.2 Å². The minimum Gasteiger partial charge on any atom is -0.444 e. The summed E-state index contributed by atoms with van der Waals surface area (Å²) in [6.45, 7) is 14.6. The maximum atomic E-state index is 13.4. The number of piperidine rings is 1. The molecule has 192 valence electrons. The number of nitrogens with zero attached hydrogens (tertiary/aromatic N) is 4. The highest BCUT2D eigenvalue weighted by Crippen LogP contribution is 2.29. The molecule has 2 aromatic heterocycles. The zero-order chi connectivity index (χ0) is 25.8. The van der Waals surface area contributed by atoms with Crippen molar-refractivity contribution in [2.24, 2.45) is 5.92 Å². The summed E-state index contributed by atoms with van der Waals surface area (Å²) in [6.07, 6.45) is 3.58. The Bertz CT molecular complexity index is 1030. The van der Waals surface area contributed by atoms with Crippen molar-refractivity contribution < 1.29 is 14.3 Å². The molecule has 3 rings (SSSR count). The Hall–Kier alpha value is -2.75. The van der Waals surface area contributed by atoms with Gasteiger partial charge in [-0.05, 0) is 53.4 Å². The Morgan fingerprint density at radius 1 is 1.23 bits per heavy atom. The minimum absolute atomic E-state index is 0.00372. The zero-order valence-corrected chi connectivity index (χ0v) is 22.7. The fourth-order valence-corrected chi connectivity index (χ4v) is 4.70. The van der Waals surface area contributed by atoms with E-state index in [0.29, 0.717) is 13.1 Å². The zero-order valence-electron chi connectivity index (χ0n) is 21.8. The van der Waals surface area contributed by atoms with Gasteiger partial charge in [-0.1, -0.05) is 20.3 Å². The van der Waals surface area contributed by atoms with E-state index in [9.17, 15) is 9.59 Å². The number of carbonyl (C=O) groups is 2. The Morgan fingerprint density at radius 3 is 2.49 bits per heavy atom. The first-order chi connectivity index (χ1) is 16.4. The molecule has 2 N–H and O–H groups in total. The van der Waals surface area contributed by atoms with Gasteiger partial charge in [0.15, 0.2) is 5.13 Å². The van der Waals surface area contributed by atoms with Crippen LogP contribution in [-0.4, -0.2) is 56.6 Å². The number of likely N-dealkylation sites (tertiary alicyclic amines) is 1. The predicted molar refractivity (Wildman–Crippen MR) is 138 cm³/mol. The molecule has 3 heterocycles. The summed E-state index contributed by atoms with van der Waals surface area (Å²) < 4.78 is 5.39. The molecule has 1 fully saturated rings. The normalized spacial score (nSPS) is 16.5. The Labute approximate surface area is 212 Å². The van der Waals surface area contributed by atoms with Gasteiger partial charge >= 0.3 is 6.09 Å². The molecule has 1 aliphatic rings. The van der Waals surface area contributed by atoms with Gasteiger partial charge in [0.25, 0.3) is 0 Å². The van der Waals surface area contributed by atoms with Crippen LogP contribution in [0.2, 0.25) is 0 Å². The lowest BCUT2D eigenvalue weighted by atomic mass is 9.93. The van der Waals surface area contributed by atoms with E-state index in [1.807, 2.05) is 65.6 Å². The molecule has 9 nitrogen and oxygen atoms in total. The van der Waals surface area contributed by atoms with E-state index >= 15 is 0 Å². The van der Waals surface area contributed by atoms with Gasteiger partial charge in [-0.25, -0.2) is 19.7 Å². The van der Waals surface area contributed by atoms with Gasteiger partial charge in [0.1, 0.15) is 23.3 Å². The lowest BCUT2D eigenvalue weighted by molar-refractivity contribution is -0.135. The number of aromatic nitrogens is 3. The van der Waals surface area contributed by atoms with Crippen molar-refractivity contribution in [2.45, 2.75) is 85.3 Å². The second-order valence-electron chi connectivity index (χ2n) is 10.3. The Balaban J connectivity index is 1.64. The van der Waals surface area contributed by atoms with Crippen molar-refractivity contribution in [1.29, 1.82) is 0 Å². The monoisotopic (exact) mass is 502 g/mol. The molecule has 35 heavy (non-hydrogen) atoms. The van der Waals surface area contributed by atoms with Crippen molar-refractivity contribution in [3.8, 4) is 0 Å². The average Bonchev–Trinajstić information content (AvgIpc) is 3.19. The van der Waals surface area contributed by atoms with Crippen LogP contribution in [0.4, 0.5) is 15.7 Å². The van der Waals surface area contributed by atoms with Crippen molar-refractivity contribution in [2.75, 3.05) is 18.4 Å². The number of nitrogens with one attached hydrogen (secondary N) is 2. The van der Waals surface area contributed by atoms with Crippen molar-refractivity contribution in [3.05, 3.63) is 28.7 Å². The number of aryl methyl sites for hydroxylation is 2. The molecule has 2 unspecified atom stereocenters. The highest BCUT2D eigenvalue weighted by atomic mass is 32.1. The van der Waals surface area contributed by atoms with Gasteiger partial charge in [-0.15, -0.1) is 11.3 Å². The summed E-state index contributed by atoms with van der Waals surface area (Å²) in [7, 11) is 0. The molecular weight excluding hydrogens is 464 g/mol. The summed E-state index contributed by atoms with van der Waals surface area (Å²) in [6, 6.07) is 1.30.